The number of benzene rings is 1. The Morgan fingerprint density at radius 1 is 1.47 bits per heavy atom. The molecule has 0 aliphatic heterocycles. The molecule has 2 nitrogen and oxygen atoms in total. The normalized spacial score (nSPS) is 10.6. The van der Waals surface area contributed by atoms with Gasteiger partial charge in [0.05, 0.1) is 12.2 Å². The average Bonchev–Trinajstić information content (AvgIpc) is 2.27. The first kappa shape index (κ1) is 14.0. The van der Waals surface area contributed by atoms with E-state index in [9.17, 15) is 9.18 Å². The fourth-order valence-corrected chi connectivity index (χ4v) is 1.59. The molecule has 0 aromatic heterocycles. The van der Waals surface area contributed by atoms with Gasteiger partial charge >= 0.3 is 5.97 Å². The van der Waals surface area contributed by atoms with E-state index in [4.69, 9.17) is 4.74 Å². The number of hydrogen-bond acceptors (Lipinski definition) is 3. The van der Waals surface area contributed by atoms with E-state index in [0.29, 0.717) is 18.1 Å². The lowest BCUT2D eigenvalue weighted by molar-refractivity contribution is 0.0494. The van der Waals surface area contributed by atoms with Gasteiger partial charge in [-0.3, -0.25) is 0 Å². The summed E-state index contributed by atoms with van der Waals surface area (Å²) < 4.78 is 18.0. The zero-order valence-corrected chi connectivity index (χ0v) is 11.0. The van der Waals surface area contributed by atoms with E-state index in [2.05, 4.69) is 26.5 Å². The molecule has 0 bridgehead atoms. The Hall–Kier alpha value is -1.03. The third kappa shape index (κ3) is 4.77. The van der Waals surface area contributed by atoms with Gasteiger partial charge in [0.2, 0.25) is 0 Å². The molecule has 0 aliphatic rings. The molecule has 94 valence electrons. The molecule has 0 aliphatic carbocycles. The van der Waals surface area contributed by atoms with Crippen LogP contribution in [0.5, 0.6) is 0 Å². The van der Waals surface area contributed by atoms with Gasteiger partial charge in [-0.25, -0.2) is 9.18 Å². The quantitative estimate of drug-likeness (QED) is 0.494. The maximum atomic E-state index is 12.9. The van der Waals surface area contributed by atoms with Crippen molar-refractivity contribution in [3.05, 3.63) is 29.6 Å². The Balaban J connectivity index is 2.44. The summed E-state index contributed by atoms with van der Waals surface area (Å²) in [5.74, 6) is -0.266. The molecule has 0 radical (unpaired) electrons. The summed E-state index contributed by atoms with van der Waals surface area (Å²) in [6, 6.07) is 4.00. The lowest BCUT2D eigenvalue weighted by atomic mass is 10.1. The molecule has 1 rings (SSSR count). The molecule has 1 aromatic rings. The third-order valence-electron chi connectivity index (χ3n) is 2.34. The Kier molecular flexibility index (Phi) is 5.48. The molecule has 0 spiro atoms. The van der Waals surface area contributed by atoms with Gasteiger partial charge < -0.3 is 4.74 Å². The standard InChI is InChI=1S/C13H17FO2S/c1-9(2)4-3-7-16-13(15)10-5-6-11(14)12(17)8-10/h5-6,8-9,17H,3-4,7H2,1-2H3. The summed E-state index contributed by atoms with van der Waals surface area (Å²) in [6.45, 7) is 4.64. The molecule has 4 heteroatoms. The van der Waals surface area contributed by atoms with Crippen molar-refractivity contribution < 1.29 is 13.9 Å². The van der Waals surface area contributed by atoms with Crippen LogP contribution in [0, 0.1) is 11.7 Å². The second-order valence-corrected chi connectivity index (χ2v) is 4.82. The number of carbonyl (C=O) groups excluding carboxylic acids is 1. The van der Waals surface area contributed by atoms with Crippen molar-refractivity contribution in [2.45, 2.75) is 31.6 Å². The predicted octanol–water partition coefficient (Wildman–Crippen LogP) is 3.71. The van der Waals surface area contributed by atoms with Gasteiger partial charge in [-0.15, -0.1) is 12.6 Å². The number of halogens is 1. The van der Waals surface area contributed by atoms with E-state index in [0.717, 1.165) is 12.8 Å². The summed E-state index contributed by atoms with van der Waals surface area (Å²) in [7, 11) is 0. The third-order valence-corrected chi connectivity index (χ3v) is 2.68. The van der Waals surface area contributed by atoms with Crippen LogP contribution in [-0.2, 0) is 4.74 Å². The fourth-order valence-electron chi connectivity index (χ4n) is 1.38. The van der Waals surface area contributed by atoms with Crippen LogP contribution in [0.1, 0.15) is 37.0 Å². The molecule has 0 fully saturated rings. The van der Waals surface area contributed by atoms with Gasteiger partial charge in [-0.2, -0.15) is 0 Å². The van der Waals surface area contributed by atoms with Crippen molar-refractivity contribution in [2.75, 3.05) is 6.61 Å². The molecular weight excluding hydrogens is 239 g/mol. The molecule has 0 saturated heterocycles. The molecular formula is C13H17FO2S. The van der Waals surface area contributed by atoms with Crippen molar-refractivity contribution in [1.29, 1.82) is 0 Å². The molecule has 0 heterocycles. The van der Waals surface area contributed by atoms with E-state index < -0.39 is 11.8 Å². The van der Waals surface area contributed by atoms with Gasteiger partial charge in [-0.1, -0.05) is 13.8 Å². The van der Waals surface area contributed by atoms with Crippen LogP contribution in [-0.4, -0.2) is 12.6 Å². The first-order chi connectivity index (χ1) is 8.00. The van der Waals surface area contributed by atoms with E-state index >= 15 is 0 Å². The minimum absolute atomic E-state index is 0.154. The van der Waals surface area contributed by atoms with Crippen LogP contribution < -0.4 is 0 Å². The number of thiol groups is 1. The molecule has 0 N–H and O–H groups in total. The summed E-state index contributed by atoms with van der Waals surface area (Å²) in [5, 5.41) is 0. The van der Waals surface area contributed by atoms with E-state index in [1.165, 1.54) is 18.2 Å². The second kappa shape index (κ2) is 6.64. The minimum atomic E-state index is -0.440. The van der Waals surface area contributed by atoms with Crippen LogP contribution in [0.25, 0.3) is 0 Å². The maximum absolute atomic E-state index is 12.9. The number of carbonyl (C=O) groups is 1. The van der Waals surface area contributed by atoms with Gasteiger partial charge in [0, 0.05) is 4.90 Å². The van der Waals surface area contributed by atoms with Gasteiger partial charge in [0.15, 0.2) is 0 Å². The van der Waals surface area contributed by atoms with Crippen molar-refractivity contribution >= 4 is 18.6 Å². The van der Waals surface area contributed by atoms with Crippen LogP contribution in [0.4, 0.5) is 4.39 Å². The Morgan fingerprint density at radius 2 is 2.18 bits per heavy atom. The lowest BCUT2D eigenvalue weighted by Crippen LogP contribution is -2.07. The zero-order chi connectivity index (χ0) is 12.8. The predicted molar refractivity (Wildman–Crippen MR) is 68.0 cm³/mol. The number of hydrogen-bond donors (Lipinski definition) is 1. The highest BCUT2D eigenvalue weighted by molar-refractivity contribution is 7.80. The highest BCUT2D eigenvalue weighted by Gasteiger charge is 2.09. The summed E-state index contributed by atoms with van der Waals surface area (Å²) >= 11 is 3.92. The molecule has 0 unspecified atom stereocenters. The van der Waals surface area contributed by atoms with Gasteiger partial charge in [-0.05, 0) is 37.0 Å². The van der Waals surface area contributed by atoms with E-state index in [-0.39, 0.29) is 4.90 Å². The zero-order valence-electron chi connectivity index (χ0n) is 10.1. The Bertz CT molecular complexity index is 391. The fraction of sp³-hybridized carbons (Fsp3) is 0.462. The van der Waals surface area contributed by atoms with E-state index in [1.54, 1.807) is 0 Å². The number of rotatable bonds is 5. The number of esters is 1. The van der Waals surface area contributed by atoms with Gasteiger partial charge in [0.1, 0.15) is 5.82 Å². The Morgan fingerprint density at radius 3 is 2.76 bits per heavy atom. The second-order valence-electron chi connectivity index (χ2n) is 4.34. The van der Waals surface area contributed by atoms with Crippen molar-refractivity contribution in [1.82, 2.24) is 0 Å². The smallest absolute Gasteiger partial charge is 0.338 e. The summed E-state index contributed by atoms with van der Waals surface area (Å²) in [6.07, 6.45) is 1.87. The van der Waals surface area contributed by atoms with Crippen molar-refractivity contribution in [2.24, 2.45) is 5.92 Å². The van der Waals surface area contributed by atoms with Crippen LogP contribution >= 0.6 is 12.6 Å². The molecule has 0 amide bonds. The SMILES string of the molecule is CC(C)CCCOC(=O)c1ccc(F)c(S)c1. The summed E-state index contributed by atoms with van der Waals surface area (Å²) in [5.41, 5.74) is 0.334. The van der Waals surface area contributed by atoms with Crippen LogP contribution in [0.3, 0.4) is 0 Å². The van der Waals surface area contributed by atoms with Gasteiger partial charge in [0.25, 0.3) is 0 Å². The average molecular weight is 256 g/mol. The van der Waals surface area contributed by atoms with Crippen LogP contribution in [0.15, 0.2) is 23.1 Å². The first-order valence-electron chi connectivity index (χ1n) is 5.66. The molecule has 1 aromatic carbocycles. The minimum Gasteiger partial charge on any atom is -0.462 e. The van der Waals surface area contributed by atoms with E-state index in [1.807, 2.05) is 0 Å². The highest BCUT2D eigenvalue weighted by Crippen LogP contribution is 2.15. The summed E-state index contributed by atoms with van der Waals surface area (Å²) in [4.78, 5) is 11.7. The van der Waals surface area contributed by atoms with Crippen molar-refractivity contribution in [3.63, 3.8) is 0 Å². The number of ether oxygens (including phenoxy) is 1. The highest BCUT2D eigenvalue weighted by atomic mass is 32.1. The topological polar surface area (TPSA) is 26.3 Å². The van der Waals surface area contributed by atoms with Crippen molar-refractivity contribution in [3.8, 4) is 0 Å². The molecule has 0 atom stereocenters. The largest absolute Gasteiger partial charge is 0.462 e. The lowest BCUT2D eigenvalue weighted by Gasteiger charge is -2.07. The molecule has 0 saturated carbocycles. The maximum Gasteiger partial charge on any atom is 0.338 e. The Labute approximate surface area is 107 Å². The molecule has 17 heavy (non-hydrogen) atoms. The monoisotopic (exact) mass is 256 g/mol. The first-order valence-corrected chi connectivity index (χ1v) is 6.11. The van der Waals surface area contributed by atoms with Crippen LogP contribution in [0.2, 0.25) is 0 Å².